The predicted octanol–water partition coefficient (Wildman–Crippen LogP) is 4.07. The summed E-state index contributed by atoms with van der Waals surface area (Å²) in [7, 11) is -2.21. The first-order valence-electron chi connectivity index (χ1n) is 9.72. The Kier molecular flexibility index (Phi) is 5.46. The fourth-order valence-electron chi connectivity index (χ4n) is 3.81. The molecule has 2 aromatic heterocycles. The largest absolute Gasteiger partial charge is 0.321 e. The van der Waals surface area contributed by atoms with Crippen LogP contribution in [0, 0.1) is 6.92 Å². The number of carbonyl (C=O) groups is 1. The molecule has 0 radical (unpaired) electrons. The number of rotatable bonds is 5. The third-order valence-corrected chi connectivity index (χ3v) is 7.92. The van der Waals surface area contributed by atoms with Gasteiger partial charge >= 0.3 is 0 Å². The van der Waals surface area contributed by atoms with E-state index in [1.54, 1.807) is 12.1 Å². The summed E-state index contributed by atoms with van der Waals surface area (Å²) in [5, 5.41) is 8.55. The monoisotopic (exact) mass is 432 g/mol. The SMILES string of the molecule is CNS(=O)(=O)c1cccc(NC(=O)c2cc3c(C)nn(C4CCCCC4)c3s2)c1. The number of hydrogen-bond acceptors (Lipinski definition) is 5. The lowest BCUT2D eigenvalue weighted by Gasteiger charge is -2.22. The lowest BCUT2D eigenvalue weighted by molar-refractivity contribution is 0.103. The Bertz CT molecular complexity index is 1160. The molecule has 4 rings (SSSR count). The number of sulfonamides is 1. The summed E-state index contributed by atoms with van der Waals surface area (Å²) in [6.07, 6.45) is 5.97. The van der Waals surface area contributed by atoms with Crippen LogP contribution in [-0.4, -0.2) is 31.2 Å². The van der Waals surface area contributed by atoms with Crippen LogP contribution in [0.5, 0.6) is 0 Å². The van der Waals surface area contributed by atoms with E-state index in [1.165, 1.54) is 49.8 Å². The van der Waals surface area contributed by atoms with E-state index in [4.69, 9.17) is 5.10 Å². The van der Waals surface area contributed by atoms with Crippen molar-refractivity contribution in [2.75, 3.05) is 12.4 Å². The minimum atomic E-state index is -3.57. The number of aromatic nitrogens is 2. The summed E-state index contributed by atoms with van der Waals surface area (Å²) < 4.78 is 28.4. The Balaban J connectivity index is 1.60. The van der Waals surface area contributed by atoms with Crippen molar-refractivity contribution in [1.82, 2.24) is 14.5 Å². The Labute approximate surface area is 174 Å². The van der Waals surface area contributed by atoms with Crippen LogP contribution >= 0.6 is 11.3 Å². The molecule has 0 unspecified atom stereocenters. The van der Waals surface area contributed by atoms with Crippen LogP contribution < -0.4 is 10.0 Å². The fraction of sp³-hybridized carbons (Fsp3) is 0.400. The molecule has 0 spiro atoms. The molecule has 9 heteroatoms. The van der Waals surface area contributed by atoms with Gasteiger partial charge in [0.05, 0.1) is 21.5 Å². The number of fused-ring (bicyclic) bond motifs is 1. The number of nitrogens with one attached hydrogen (secondary N) is 2. The molecule has 0 aliphatic heterocycles. The van der Waals surface area contributed by atoms with Crippen molar-refractivity contribution in [2.45, 2.75) is 50.0 Å². The molecule has 0 bridgehead atoms. The number of benzene rings is 1. The van der Waals surface area contributed by atoms with Gasteiger partial charge in [-0.05, 0) is 51.1 Å². The van der Waals surface area contributed by atoms with Crippen LogP contribution in [0.25, 0.3) is 10.2 Å². The van der Waals surface area contributed by atoms with Gasteiger partial charge in [0.2, 0.25) is 10.0 Å². The summed E-state index contributed by atoms with van der Waals surface area (Å²) >= 11 is 1.44. The summed E-state index contributed by atoms with van der Waals surface area (Å²) in [5.41, 5.74) is 1.37. The number of amides is 1. The van der Waals surface area contributed by atoms with E-state index in [1.807, 2.05) is 13.0 Å². The van der Waals surface area contributed by atoms with Gasteiger partial charge in [-0.1, -0.05) is 25.3 Å². The summed E-state index contributed by atoms with van der Waals surface area (Å²) in [5.74, 6) is -0.250. The van der Waals surface area contributed by atoms with Crippen molar-refractivity contribution in [3.05, 3.63) is 40.9 Å². The van der Waals surface area contributed by atoms with Gasteiger partial charge in [-0.2, -0.15) is 5.10 Å². The number of anilines is 1. The van der Waals surface area contributed by atoms with Crippen molar-refractivity contribution in [1.29, 1.82) is 0 Å². The van der Waals surface area contributed by atoms with Gasteiger partial charge < -0.3 is 5.32 Å². The van der Waals surface area contributed by atoms with Gasteiger partial charge in [0.25, 0.3) is 5.91 Å². The molecule has 0 saturated heterocycles. The van der Waals surface area contributed by atoms with Crippen LogP contribution in [0.3, 0.4) is 0 Å². The van der Waals surface area contributed by atoms with Gasteiger partial charge in [-0.3, -0.25) is 9.48 Å². The zero-order chi connectivity index (χ0) is 20.6. The Morgan fingerprint density at radius 2 is 1.97 bits per heavy atom. The molecule has 1 amide bonds. The maximum atomic E-state index is 12.8. The smallest absolute Gasteiger partial charge is 0.265 e. The summed E-state index contributed by atoms with van der Waals surface area (Å²) in [4.78, 5) is 14.5. The third-order valence-electron chi connectivity index (χ3n) is 5.38. The maximum absolute atomic E-state index is 12.8. The highest BCUT2D eigenvalue weighted by Gasteiger charge is 2.23. The van der Waals surface area contributed by atoms with E-state index in [9.17, 15) is 13.2 Å². The molecular formula is C20H24N4O3S2. The normalized spacial score (nSPS) is 15.7. The van der Waals surface area contributed by atoms with Gasteiger partial charge in [0.1, 0.15) is 4.83 Å². The second-order valence-corrected chi connectivity index (χ2v) is 10.3. The molecule has 1 saturated carbocycles. The molecule has 2 N–H and O–H groups in total. The quantitative estimate of drug-likeness (QED) is 0.635. The first-order valence-corrected chi connectivity index (χ1v) is 12.0. The van der Waals surface area contributed by atoms with Crippen molar-refractivity contribution in [3.63, 3.8) is 0 Å². The molecule has 29 heavy (non-hydrogen) atoms. The predicted molar refractivity (Wildman–Crippen MR) is 115 cm³/mol. The van der Waals surface area contributed by atoms with E-state index in [0.717, 1.165) is 28.8 Å². The number of thiophene rings is 1. The summed E-state index contributed by atoms with van der Waals surface area (Å²) in [6, 6.07) is 8.50. The molecule has 0 atom stereocenters. The fourth-order valence-corrected chi connectivity index (χ4v) is 5.71. The topological polar surface area (TPSA) is 93.1 Å². The van der Waals surface area contributed by atoms with Gasteiger partial charge in [0, 0.05) is 11.1 Å². The number of carbonyl (C=O) groups excluding carboxylic acids is 1. The van der Waals surface area contributed by atoms with Gasteiger partial charge in [-0.25, -0.2) is 13.1 Å². The second kappa shape index (κ2) is 7.89. The molecule has 2 heterocycles. The molecule has 1 aliphatic rings. The van der Waals surface area contributed by atoms with Crippen LogP contribution in [0.2, 0.25) is 0 Å². The first kappa shape index (κ1) is 20.1. The van der Waals surface area contributed by atoms with Crippen molar-refractivity contribution in [3.8, 4) is 0 Å². The maximum Gasteiger partial charge on any atom is 0.265 e. The first-order chi connectivity index (χ1) is 13.9. The zero-order valence-corrected chi connectivity index (χ0v) is 18.1. The minimum absolute atomic E-state index is 0.109. The van der Waals surface area contributed by atoms with E-state index in [0.29, 0.717) is 16.6 Å². The average molecular weight is 433 g/mol. The summed E-state index contributed by atoms with van der Waals surface area (Å²) in [6.45, 7) is 1.97. The van der Waals surface area contributed by atoms with Gasteiger partial charge in [0.15, 0.2) is 0 Å². The second-order valence-electron chi connectivity index (χ2n) is 7.34. The molecule has 1 fully saturated rings. The molecule has 7 nitrogen and oxygen atoms in total. The van der Waals surface area contributed by atoms with E-state index < -0.39 is 10.0 Å². The Hall–Kier alpha value is -2.23. The van der Waals surface area contributed by atoms with Crippen LogP contribution in [0.15, 0.2) is 35.2 Å². The van der Waals surface area contributed by atoms with E-state index in [2.05, 4.69) is 14.7 Å². The highest BCUT2D eigenvalue weighted by Crippen LogP contribution is 2.35. The van der Waals surface area contributed by atoms with E-state index >= 15 is 0 Å². The van der Waals surface area contributed by atoms with Crippen molar-refractivity contribution < 1.29 is 13.2 Å². The van der Waals surface area contributed by atoms with E-state index in [-0.39, 0.29) is 10.8 Å². The van der Waals surface area contributed by atoms with Crippen LogP contribution in [-0.2, 0) is 10.0 Å². The third kappa shape index (κ3) is 3.94. The molecular weight excluding hydrogens is 408 g/mol. The Morgan fingerprint density at radius 1 is 1.21 bits per heavy atom. The lowest BCUT2D eigenvalue weighted by Crippen LogP contribution is -2.19. The van der Waals surface area contributed by atoms with Crippen LogP contribution in [0.4, 0.5) is 5.69 Å². The number of nitrogens with zero attached hydrogens (tertiary/aromatic N) is 2. The zero-order valence-electron chi connectivity index (χ0n) is 16.4. The number of aryl methyl sites for hydroxylation is 1. The minimum Gasteiger partial charge on any atom is -0.321 e. The highest BCUT2D eigenvalue weighted by atomic mass is 32.2. The average Bonchev–Trinajstić information content (AvgIpc) is 3.30. The standard InChI is InChI=1S/C20H24N4O3S2/c1-13-17-12-18(28-20(17)24(23-13)15-8-4-3-5-9-15)19(25)22-14-7-6-10-16(11-14)29(26,27)21-2/h6-7,10-12,15,21H,3-5,8-9H2,1-2H3,(H,22,25). The molecule has 3 aromatic rings. The number of hydrogen-bond donors (Lipinski definition) is 2. The Morgan fingerprint density at radius 3 is 2.69 bits per heavy atom. The molecule has 1 aliphatic carbocycles. The van der Waals surface area contributed by atoms with Crippen molar-refractivity contribution >= 4 is 43.2 Å². The lowest BCUT2D eigenvalue weighted by atomic mass is 9.96. The molecule has 154 valence electrons. The van der Waals surface area contributed by atoms with Crippen LogP contribution in [0.1, 0.15) is 53.5 Å². The molecule has 1 aromatic carbocycles. The van der Waals surface area contributed by atoms with Gasteiger partial charge in [-0.15, -0.1) is 11.3 Å². The van der Waals surface area contributed by atoms with Crippen molar-refractivity contribution in [2.24, 2.45) is 0 Å². The highest BCUT2D eigenvalue weighted by molar-refractivity contribution is 7.89.